The summed E-state index contributed by atoms with van der Waals surface area (Å²) in [7, 11) is 1.64. The number of hydrogen-bond donors (Lipinski definition) is 2. The highest BCUT2D eigenvalue weighted by atomic mass is 16.5. The standard InChI is InChI=1S/C14H20N2O3/c1-10-3-4-11(7-12(10)15)13(17)16-8-14(18-2)5-6-19-9-14/h3-4,7H,5-6,8-9,15H2,1-2H3,(H,16,17). The minimum atomic E-state index is -0.397. The van der Waals surface area contributed by atoms with Crippen LogP contribution in [0.3, 0.4) is 0 Å². The van der Waals surface area contributed by atoms with Crippen molar-refractivity contribution in [3.8, 4) is 0 Å². The molecule has 5 nitrogen and oxygen atoms in total. The van der Waals surface area contributed by atoms with Crippen molar-refractivity contribution in [3.05, 3.63) is 29.3 Å². The molecule has 1 unspecified atom stereocenters. The first-order valence-corrected chi connectivity index (χ1v) is 6.33. The average molecular weight is 264 g/mol. The fourth-order valence-corrected chi connectivity index (χ4v) is 2.09. The van der Waals surface area contributed by atoms with Gasteiger partial charge in [0.1, 0.15) is 5.60 Å². The summed E-state index contributed by atoms with van der Waals surface area (Å²) >= 11 is 0. The lowest BCUT2D eigenvalue weighted by Gasteiger charge is -2.25. The van der Waals surface area contributed by atoms with Crippen LogP contribution in [0.2, 0.25) is 0 Å². The maximum atomic E-state index is 12.1. The minimum absolute atomic E-state index is 0.143. The highest BCUT2D eigenvalue weighted by Gasteiger charge is 2.35. The molecule has 1 aliphatic heterocycles. The molecule has 1 aromatic rings. The Balaban J connectivity index is 1.99. The van der Waals surface area contributed by atoms with Gasteiger partial charge in [-0.05, 0) is 24.6 Å². The van der Waals surface area contributed by atoms with Gasteiger partial charge in [0.2, 0.25) is 0 Å². The molecule has 1 fully saturated rings. The molecule has 2 rings (SSSR count). The SMILES string of the molecule is COC1(CNC(=O)c2ccc(C)c(N)c2)CCOC1. The van der Waals surface area contributed by atoms with E-state index in [4.69, 9.17) is 15.2 Å². The Morgan fingerprint density at radius 2 is 2.37 bits per heavy atom. The lowest BCUT2D eigenvalue weighted by Crippen LogP contribution is -2.45. The van der Waals surface area contributed by atoms with E-state index in [1.807, 2.05) is 13.0 Å². The van der Waals surface area contributed by atoms with Gasteiger partial charge in [0.25, 0.3) is 5.91 Å². The first-order chi connectivity index (χ1) is 9.06. The number of nitrogen functional groups attached to an aromatic ring is 1. The quantitative estimate of drug-likeness (QED) is 0.799. The Hall–Kier alpha value is -1.59. The molecule has 0 aliphatic carbocycles. The van der Waals surface area contributed by atoms with Gasteiger partial charge in [-0.25, -0.2) is 0 Å². The Kier molecular flexibility index (Phi) is 4.07. The molecule has 0 bridgehead atoms. The van der Waals surface area contributed by atoms with Crippen LogP contribution < -0.4 is 11.1 Å². The summed E-state index contributed by atoms with van der Waals surface area (Å²) in [5.74, 6) is -0.143. The second-order valence-electron chi connectivity index (χ2n) is 4.94. The van der Waals surface area contributed by atoms with Gasteiger partial charge in [0.15, 0.2) is 0 Å². The van der Waals surface area contributed by atoms with Gasteiger partial charge in [0.05, 0.1) is 6.61 Å². The topological polar surface area (TPSA) is 73.6 Å². The van der Waals surface area contributed by atoms with Crippen molar-refractivity contribution in [2.24, 2.45) is 0 Å². The second kappa shape index (κ2) is 5.59. The maximum Gasteiger partial charge on any atom is 0.251 e. The zero-order valence-electron chi connectivity index (χ0n) is 11.4. The van der Waals surface area contributed by atoms with Crippen LogP contribution in [0.25, 0.3) is 0 Å². The van der Waals surface area contributed by atoms with Crippen LogP contribution in [0.5, 0.6) is 0 Å². The predicted octanol–water partition coefficient (Wildman–Crippen LogP) is 1.11. The number of carbonyl (C=O) groups is 1. The van der Waals surface area contributed by atoms with E-state index >= 15 is 0 Å². The van der Waals surface area contributed by atoms with Crippen LogP contribution in [0, 0.1) is 6.92 Å². The monoisotopic (exact) mass is 264 g/mol. The third kappa shape index (κ3) is 3.05. The average Bonchev–Trinajstić information content (AvgIpc) is 2.89. The molecular weight excluding hydrogens is 244 g/mol. The van der Waals surface area contributed by atoms with Crippen LogP contribution in [0.1, 0.15) is 22.3 Å². The molecule has 3 N–H and O–H groups in total. The first kappa shape index (κ1) is 13.8. The predicted molar refractivity (Wildman–Crippen MR) is 73.1 cm³/mol. The summed E-state index contributed by atoms with van der Waals surface area (Å²) < 4.78 is 10.8. The molecule has 1 aromatic carbocycles. The van der Waals surface area contributed by atoms with E-state index < -0.39 is 5.60 Å². The molecule has 1 heterocycles. The number of hydrogen-bond acceptors (Lipinski definition) is 4. The van der Waals surface area contributed by atoms with E-state index in [0.29, 0.717) is 31.0 Å². The summed E-state index contributed by atoms with van der Waals surface area (Å²) in [6.45, 7) is 3.53. The summed E-state index contributed by atoms with van der Waals surface area (Å²) in [5, 5.41) is 2.88. The van der Waals surface area contributed by atoms with E-state index in [1.54, 1.807) is 19.2 Å². The molecule has 0 spiro atoms. The minimum Gasteiger partial charge on any atom is -0.398 e. The third-order valence-corrected chi connectivity index (χ3v) is 3.61. The summed E-state index contributed by atoms with van der Waals surface area (Å²) in [4.78, 5) is 12.1. The fourth-order valence-electron chi connectivity index (χ4n) is 2.09. The van der Waals surface area contributed by atoms with Crippen LogP contribution in [-0.4, -0.2) is 38.4 Å². The molecule has 0 aromatic heterocycles. The van der Waals surface area contributed by atoms with Crippen molar-refractivity contribution >= 4 is 11.6 Å². The van der Waals surface area contributed by atoms with Gasteiger partial charge in [-0.1, -0.05) is 6.07 Å². The molecule has 1 atom stereocenters. The zero-order valence-corrected chi connectivity index (χ0v) is 11.4. The molecule has 1 saturated heterocycles. The van der Waals surface area contributed by atoms with Crippen molar-refractivity contribution in [2.75, 3.05) is 32.6 Å². The number of benzene rings is 1. The Bertz CT molecular complexity index is 468. The van der Waals surface area contributed by atoms with Crippen molar-refractivity contribution in [1.82, 2.24) is 5.32 Å². The lowest BCUT2D eigenvalue weighted by atomic mass is 10.0. The number of amides is 1. The summed E-state index contributed by atoms with van der Waals surface area (Å²) in [6, 6.07) is 5.30. The summed E-state index contributed by atoms with van der Waals surface area (Å²) in [6.07, 6.45) is 0.791. The molecule has 0 radical (unpaired) electrons. The molecular formula is C14H20N2O3. The van der Waals surface area contributed by atoms with E-state index in [9.17, 15) is 4.79 Å². The third-order valence-electron chi connectivity index (χ3n) is 3.61. The van der Waals surface area contributed by atoms with Crippen LogP contribution in [0.4, 0.5) is 5.69 Å². The number of anilines is 1. The molecule has 0 saturated carbocycles. The Morgan fingerprint density at radius 1 is 1.58 bits per heavy atom. The highest BCUT2D eigenvalue weighted by Crippen LogP contribution is 2.21. The largest absolute Gasteiger partial charge is 0.398 e. The normalized spacial score (nSPS) is 22.4. The van der Waals surface area contributed by atoms with Crippen molar-refractivity contribution in [3.63, 3.8) is 0 Å². The fraction of sp³-hybridized carbons (Fsp3) is 0.500. The number of ether oxygens (including phenoxy) is 2. The zero-order chi connectivity index (χ0) is 13.9. The molecule has 1 amide bonds. The number of carbonyl (C=O) groups excluding carboxylic acids is 1. The number of aryl methyl sites for hydroxylation is 1. The van der Waals surface area contributed by atoms with Gasteiger partial charge in [-0.3, -0.25) is 4.79 Å². The molecule has 19 heavy (non-hydrogen) atoms. The van der Waals surface area contributed by atoms with Gasteiger partial charge >= 0.3 is 0 Å². The maximum absolute atomic E-state index is 12.1. The van der Waals surface area contributed by atoms with Gasteiger partial charge in [0, 0.05) is 37.9 Å². The Labute approximate surface area is 113 Å². The van der Waals surface area contributed by atoms with Crippen LogP contribution >= 0.6 is 0 Å². The van der Waals surface area contributed by atoms with Gasteiger partial charge in [-0.2, -0.15) is 0 Å². The molecule has 5 heteroatoms. The van der Waals surface area contributed by atoms with Gasteiger partial charge < -0.3 is 20.5 Å². The number of nitrogens with two attached hydrogens (primary N) is 1. The van der Waals surface area contributed by atoms with Crippen molar-refractivity contribution < 1.29 is 14.3 Å². The van der Waals surface area contributed by atoms with E-state index in [1.165, 1.54) is 0 Å². The van der Waals surface area contributed by atoms with E-state index in [0.717, 1.165) is 12.0 Å². The van der Waals surface area contributed by atoms with Crippen LogP contribution in [-0.2, 0) is 9.47 Å². The smallest absolute Gasteiger partial charge is 0.251 e. The number of methoxy groups -OCH3 is 1. The van der Waals surface area contributed by atoms with Gasteiger partial charge in [-0.15, -0.1) is 0 Å². The molecule has 104 valence electrons. The molecule has 1 aliphatic rings. The number of nitrogens with one attached hydrogen (secondary N) is 1. The lowest BCUT2D eigenvalue weighted by molar-refractivity contribution is -0.0148. The highest BCUT2D eigenvalue weighted by molar-refractivity contribution is 5.95. The second-order valence-corrected chi connectivity index (χ2v) is 4.94. The van der Waals surface area contributed by atoms with Crippen molar-refractivity contribution in [1.29, 1.82) is 0 Å². The number of rotatable bonds is 4. The van der Waals surface area contributed by atoms with E-state index in [-0.39, 0.29) is 5.91 Å². The van der Waals surface area contributed by atoms with Crippen molar-refractivity contribution in [2.45, 2.75) is 18.9 Å². The summed E-state index contributed by atoms with van der Waals surface area (Å²) in [5.41, 5.74) is 7.56. The van der Waals surface area contributed by atoms with Crippen LogP contribution in [0.15, 0.2) is 18.2 Å². The first-order valence-electron chi connectivity index (χ1n) is 6.33. The van der Waals surface area contributed by atoms with E-state index in [2.05, 4.69) is 5.32 Å². The Morgan fingerprint density at radius 3 is 2.95 bits per heavy atom.